The van der Waals surface area contributed by atoms with Crippen molar-refractivity contribution in [3.63, 3.8) is 0 Å². The van der Waals surface area contributed by atoms with Gasteiger partial charge in [-0.15, -0.1) is 0 Å². The summed E-state index contributed by atoms with van der Waals surface area (Å²) in [5.74, 6) is -3.56. The Hall–Kier alpha value is -5.10. The third-order valence-electron chi connectivity index (χ3n) is 9.22. The molecule has 10 nitrogen and oxygen atoms in total. The fraction of sp³-hybridized carbons (Fsp3) is 0.306. The Kier molecular flexibility index (Phi) is 8.78. The number of hydrogen-bond acceptors (Lipinski definition) is 6. The monoisotopic (exact) mass is 687 g/mol. The molecule has 1 fully saturated rings. The topological polar surface area (TPSA) is 116 Å². The Balaban J connectivity index is 1.78. The molecule has 4 heterocycles. The minimum atomic E-state index is -1.09. The van der Waals surface area contributed by atoms with Crippen LogP contribution in [0.3, 0.4) is 0 Å². The van der Waals surface area contributed by atoms with E-state index >= 15 is 4.39 Å². The van der Waals surface area contributed by atoms with Gasteiger partial charge in [-0.3, -0.25) is 29.0 Å². The van der Waals surface area contributed by atoms with Crippen LogP contribution in [0.1, 0.15) is 53.9 Å². The quantitative estimate of drug-likeness (QED) is 0.201. The third kappa shape index (κ3) is 5.44. The Morgan fingerprint density at radius 1 is 1.10 bits per heavy atom. The number of piperazine rings is 1. The molecule has 2 amide bonds. The lowest BCUT2D eigenvalue weighted by Crippen LogP contribution is -2.55. The first-order valence-electron chi connectivity index (χ1n) is 15.9. The second-order valence-electron chi connectivity index (χ2n) is 12.7. The zero-order valence-corrected chi connectivity index (χ0v) is 28.8. The van der Waals surface area contributed by atoms with Crippen molar-refractivity contribution in [3.8, 4) is 16.8 Å². The number of fused-ring (bicyclic) bond motifs is 2. The highest BCUT2D eigenvalue weighted by molar-refractivity contribution is 6.35. The highest BCUT2D eigenvalue weighted by atomic mass is 35.5. The van der Waals surface area contributed by atoms with Crippen LogP contribution in [-0.4, -0.2) is 69.2 Å². The highest BCUT2D eigenvalue weighted by Gasteiger charge is 2.35. The smallest absolute Gasteiger partial charge is 0.282 e. The molecule has 13 heteroatoms. The molecule has 1 saturated heterocycles. The molecule has 6 rings (SSSR count). The molecule has 254 valence electrons. The normalized spacial score (nSPS) is 15.0. The molecule has 1 atom stereocenters. The number of benzene rings is 2. The number of hydrogen-bond donors (Lipinski definition) is 2. The lowest BCUT2D eigenvalue weighted by Gasteiger charge is -2.41. The number of H-pyrrole nitrogens is 1. The summed E-state index contributed by atoms with van der Waals surface area (Å²) in [6, 6.07) is 6.44. The zero-order valence-electron chi connectivity index (χ0n) is 28.0. The molecule has 2 N–H and O–H groups in total. The van der Waals surface area contributed by atoms with E-state index in [0.29, 0.717) is 33.4 Å². The van der Waals surface area contributed by atoms with Gasteiger partial charge in [-0.05, 0) is 56.0 Å². The molecule has 5 aromatic rings. The van der Waals surface area contributed by atoms with E-state index in [1.165, 1.54) is 16.5 Å². The molecular weight excluding hydrogens is 652 g/mol. The second kappa shape index (κ2) is 12.7. The number of carbonyl (C=O) groups is 2. The number of anilines is 1. The second-order valence-corrected chi connectivity index (χ2v) is 13.1. The summed E-state index contributed by atoms with van der Waals surface area (Å²) >= 11 is 7.04. The Labute approximate surface area is 286 Å². The summed E-state index contributed by atoms with van der Waals surface area (Å²) in [6.45, 7) is 12.6. The van der Waals surface area contributed by atoms with Gasteiger partial charge in [0.25, 0.3) is 17.4 Å². The first kappa shape index (κ1) is 33.8. The van der Waals surface area contributed by atoms with Crippen molar-refractivity contribution in [2.75, 3.05) is 31.6 Å². The fourth-order valence-electron chi connectivity index (χ4n) is 6.92. The van der Waals surface area contributed by atoms with Crippen LogP contribution in [0.5, 0.6) is 0 Å². The number of aryl methyl sites for hydroxylation is 2. The summed E-state index contributed by atoms with van der Waals surface area (Å²) in [6.07, 6.45) is 3.23. The number of nitrogens with one attached hydrogen (secondary N) is 2. The van der Waals surface area contributed by atoms with Gasteiger partial charge in [0, 0.05) is 60.8 Å². The van der Waals surface area contributed by atoms with E-state index in [0.717, 1.165) is 5.56 Å². The van der Waals surface area contributed by atoms with Gasteiger partial charge < -0.3 is 15.1 Å². The van der Waals surface area contributed by atoms with Crippen molar-refractivity contribution in [2.24, 2.45) is 0 Å². The summed E-state index contributed by atoms with van der Waals surface area (Å²) in [4.78, 5) is 49.0. The van der Waals surface area contributed by atoms with Crippen LogP contribution in [0.2, 0.25) is 5.02 Å². The lowest BCUT2D eigenvalue weighted by molar-refractivity contribution is -0.131. The van der Waals surface area contributed by atoms with E-state index in [1.807, 2.05) is 32.9 Å². The predicted octanol–water partition coefficient (Wildman–Crippen LogP) is 6.34. The number of aromatic amines is 1. The number of halogens is 3. The lowest BCUT2D eigenvalue weighted by atomic mass is 9.93. The fourth-order valence-corrected chi connectivity index (χ4v) is 7.21. The minimum Gasteiger partial charge on any atom is -0.366 e. The maximum Gasteiger partial charge on any atom is 0.282 e. The number of carbonyl (C=O) groups excluding carboxylic acids is 2. The van der Waals surface area contributed by atoms with Gasteiger partial charge in [-0.1, -0.05) is 38.1 Å². The van der Waals surface area contributed by atoms with Gasteiger partial charge in [-0.2, -0.15) is 5.10 Å². The Morgan fingerprint density at radius 2 is 1.84 bits per heavy atom. The number of rotatable bonds is 6. The van der Waals surface area contributed by atoms with Gasteiger partial charge >= 0.3 is 0 Å². The Morgan fingerprint density at radius 3 is 2.49 bits per heavy atom. The van der Waals surface area contributed by atoms with Gasteiger partial charge in [0.15, 0.2) is 11.6 Å². The zero-order chi connectivity index (χ0) is 35.5. The van der Waals surface area contributed by atoms with Crippen molar-refractivity contribution in [2.45, 2.75) is 46.6 Å². The van der Waals surface area contributed by atoms with Crippen molar-refractivity contribution < 1.29 is 18.4 Å². The number of amides is 2. The molecule has 1 aliphatic rings. The van der Waals surface area contributed by atoms with Crippen LogP contribution >= 0.6 is 11.6 Å². The molecule has 1 aliphatic heterocycles. The van der Waals surface area contributed by atoms with Crippen molar-refractivity contribution in [1.82, 2.24) is 30.0 Å². The number of nitrogens with zero attached hydrogens (tertiary/aromatic N) is 5. The van der Waals surface area contributed by atoms with Gasteiger partial charge in [0.05, 0.1) is 39.3 Å². The van der Waals surface area contributed by atoms with Crippen LogP contribution in [-0.2, 0) is 4.79 Å². The predicted molar refractivity (Wildman–Crippen MR) is 188 cm³/mol. The molecule has 0 saturated carbocycles. The summed E-state index contributed by atoms with van der Waals surface area (Å²) < 4.78 is 32.9. The van der Waals surface area contributed by atoms with Crippen LogP contribution < -0.4 is 15.8 Å². The summed E-state index contributed by atoms with van der Waals surface area (Å²) in [7, 11) is 1.41. The first-order valence-corrected chi connectivity index (χ1v) is 16.3. The number of aromatic nitrogens is 4. The van der Waals surface area contributed by atoms with Crippen molar-refractivity contribution in [3.05, 3.63) is 92.6 Å². The average Bonchev–Trinajstić information content (AvgIpc) is 3.54. The van der Waals surface area contributed by atoms with E-state index in [2.05, 4.69) is 27.1 Å². The molecule has 0 bridgehead atoms. The van der Waals surface area contributed by atoms with Gasteiger partial charge in [-0.25, -0.2) is 8.78 Å². The molecule has 0 radical (unpaired) electrons. The van der Waals surface area contributed by atoms with Crippen LogP contribution in [0.4, 0.5) is 14.5 Å². The van der Waals surface area contributed by atoms with E-state index in [4.69, 9.17) is 11.6 Å². The maximum absolute atomic E-state index is 17.8. The van der Waals surface area contributed by atoms with Crippen LogP contribution in [0.25, 0.3) is 38.6 Å². The largest absolute Gasteiger partial charge is 0.366 e. The van der Waals surface area contributed by atoms with Crippen LogP contribution in [0.15, 0.2) is 53.9 Å². The molecule has 3 aromatic heterocycles. The summed E-state index contributed by atoms with van der Waals surface area (Å²) in [5, 5.41) is 10.6. The average molecular weight is 688 g/mol. The molecule has 0 spiro atoms. The van der Waals surface area contributed by atoms with Crippen molar-refractivity contribution >= 4 is 50.9 Å². The molecule has 0 unspecified atom stereocenters. The van der Waals surface area contributed by atoms with Gasteiger partial charge in [0.2, 0.25) is 0 Å². The highest BCUT2D eigenvalue weighted by Crippen LogP contribution is 2.44. The maximum atomic E-state index is 17.8. The van der Waals surface area contributed by atoms with E-state index < -0.39 is 35.1 Å². The summed E-state index contributed by atoms with van der Waals surface area (Å²) in [5.41, 5.74) is 2.61. The molecule has 2 aromatic carbocycles. The third-order valence-corrected chi connectivity index (χ3v) is 9.52. The van der Waals surface area contributed by atoms with E-state index in [-0.39, 0.29) is 58.3 Å². The van der Waals surface area contributed by atoms with E-state index in [9.17, 15) is 18.8 Å². The SMILES string of the molecule is C=C(F)C(=O)N1CCN(c2c(C(=O)NC)c(=O)n(-c3c(C)ccnc3C(C)C)c3c(F)c(-c4c(C)ccc5[nH]ncc45)c(Cl)cc23)C[C@H]1C. The standard InChI is InChI=1S/C36H36ClF2N7O3/c1-17(2)30-31(19(4)10-11-41-30)46-33-22(14-24(37)27(29(33)39)26-18(3)8-9-25-23(26)15-42-43-25)32(28(36(46)49)34(47)40-7)44-12-13-45(20(5)16-44)35(48)21(6)38/h8-11,14-15,17,20H,6,12-13,16H2,1-5,7H3,(H,40,47)(H,42,43)/t20-/m1/s1. The number of pyridine rings is 2. The Bertz CT molecular complexity index is 2260. The first-order chi connectivity index (χ1) is 23.3. The van der Waals surface area contributed by atoms with Crippen LogP contribution in [0, 0.1) is 19.7 Å². The molecule has 0 aliphatic carbocycles. The minimum absolute atomic E-state index is 0.0543. The van der Waals surface area contributed by atoms with E-state index in [1.54, 1.807) is 43.3 Å². The van der Waals surface area contributed by atoms with Gasteiger partial charge in [0.1, 0.15) is 5.56 Å². The molecule has 49 heavy (non-hydrogen) atoms. The molecular formula is C36H36ClF2N7O3. The van der Waals surface area contributed by atoms with Crippen molar-refractivity contribution in [1.29, 1.82) is 0 Å².